The van der Waals surface area contributed by atoms with Crippen molar-refractivity contribution in [1.82, 2.24) is 5.32 Å². The van der Waals surface area contributed by atoms with Crippen molar-refractivity contribution < 1.29 is 9.47 Å². The number of nitrogens with one attached hydrogen (secondary N) is 1. The SMILES string of the molecule is COCCNCC1(C[Si](C)(C)C)CCOC1C. The Balaban J connectivity index is 2.54. The van der Waals surface area contributed by atoms with Crippen molar-refractivity contribution in [3.8, 4) is 0 Å². The van der Waals surface area contributed by atoms with Gasteiger partial charge in [-0.25, -0.2) is 0 Å². The van der Waals surface area contributed by atoms with Gasteiger partial charge in [0.25, 0.3) is 0 Å². The van der Waals surface area contributed by atoms with Gasteiger partial charge in [0.2, 0.25) is 0 Å². The zero-order valence-electron chi connectivity index (χ0n) is 12.1. The minimum absolute atomic E-state index is 0.359. The highest BCUT2D eigenvalue weighted by Gasteiger charge is 2.43. The first-order valence-electron chi connectivity index (χ1n) is 6.71. The molecule has 0 aromatic rings. The smallest absolute Gasteiger partial charge is 0.0613 e. The van der Waals surface area contributed by atoms with Crippen molar-refractivity contribution in [2.24, 2.45) is 5.41 Å². The molecule has 17 heavy (non-hydrogen) atoms. The highest BCUT2D eigenvalue weighted by molar-refractivity contribution is 6.76. The molecule has 0 saturated carbocycles. The standard InChI is InChI=1S/C13H29NO2Si/c1-12-13(6-8-16-12,11-17(3,4)5)10-14-7-9-15-2/h12,14H,6-11H2,1-5H3. The maximum absolute atomic E-state index is 5.82. The Hall–Kier alpha value is 0.0969. The summed E-state index contributed by atoms with van der Waals surface area (Å²) in [7, 11) is 0.695. The topological polar surface area (TPSA) is 30.5 Å². The zero-order chi connectivity index (χ0) is 12.9. The first kappa shape index (κ1) is 15.2. The molecule has 0 radical (unpaired) electrons. The minimum atomic E-state index is -1.06. The Bertz CT molecular complexity index is 230. The first-order valence-corrected chi connectivity index (χ1v) is 10.4. The van der Waals surface area contributed by atoms with Crippen LogP contribution in [0.2, 0.25) is 25.7 Å². The highest BCUT2D eigenvalue weighted by Crippen LogP contribution is 2.41. The molecule has 1 aliphatic rings. The Labute approximate surface area is 107 Å². The van der Waals surface area contributed by atoms with Crippen LogP contribution in [0.1, 0.15) is 13.3 Å². The second-order valence-electron chi connectivity index (χ2n) is 6.53. The van der Waals surface area contributed by atoms with Crippen LogP contribution in [0.15, 0.2) is 0 Å². The maximum Gasteiger partial charge on any atom is 0.0613 e. The second kappa shape index (κ2) is 6.32. The predicted molar refractivity (Wildman–Crippen MR) is 75.4 cm³/mol. The van der Waals surface area contributed by atoms with E-state index in [-0.39, 0.29) is 0 Å². The van der Waals surface area contributed by atoms with E-state index in [1.54, 1.807) is 7.11 Å². The van der Waals surface area contributed by atoms with Gasteiger partial charge in [0.05, 0.1) is 12.7 Å². The van der Waals surface area contributed by atoms with Crippen molar-refractivity contribution in [2.75, 3.05) is 33.4 Å². The van der Waals surface area contributed by atoms with E-state index in [9.17, 15) is 0 Å². The van der Waals surface area contributed by atoms with Gasteiger partial charge in [-0.05, 0) is 19.4 Å². The minimum Gasteiger partial charge on any atom is -0.383 e. The van der Waals surface area contributed by atoms with Gasteiger partial charge < -0.3 is 14.8 Å². The van der Waals surface area contributed by atoms with E-state index in [1.807, 2.05) is 0 Å². The lowest BCUT2D eigenvalue weighted by atomic mass is 9.83. The number of methoxy groups -OCH3 is 1. The summed E-state index contributed by atoms with van der Waals surface area (Å²) in [6.07, 6.45) is 1.60. The Morgan fingerprint density at radius 2 is 2.12 bits per heavy atom. The van der Waals surface area contributed by atoms with E-state index in [4.69, 9.17) is 9.47 Å². The van der Waals surface area contributed by atoms with Gasteiger partial charge in [0.15, 0.2) is 0 Å². The average molecular weight is 259 g/mol. The molecule has 1 rings (SSSR count). The van der Waals surface area contributed by atoms with E-state index >= 15 is 0 Å². The summed E-state index contributed by atoms with van der Waals surface area (Å²) in [5.41, 5.74) is 0.359. The van der Waals surface area contributed by atoms with E-state index in [0.717, 1.165) is 26.3 Å². The molecule has 1 fully saturated rings. The van der Waals surface area contributed by atoms with Crippen molar-refractivity contribution in [1.29, 1.82) is 0 Å². The molecule has 1 N–H and O–H groups in total. The van der Waals surface area contributed by atoms with Gasteiger partial charge in [-0.15, -0.1) is 0 Å². The van der Waals surface area contributed by atoms with E-state index in [1.165, 1.54) is 12.5 Å². The van der Waals surface area contributed by atoms with Crippen molar-refractivity contribution in [3.05, 3.63) is 0 Å². The molecule has 1 heterocycles. The zero-order valence-corrected chi connectivity index (χ0v) is 13.1. The largest absolute Gasteiger partial charge is 0.383 e. The maximum atomic E-state index is 5.82. The van der Waals surface area contributed by atoms with Crippen molar-refractivity contribution >= 4 is 8.07 Å². The predicted octanol–water partition coefficient (Wildman–Crippen LogP) is 2.36. The van der Waals surface area contributed by atoms with Crippen LogP contribution in [0.4, 0.5) is 0 Å². The number of rotatable bonds is 7. The molecule has 1 aliphatic heterocycles. The lowest BCUT2D eigenvalue weighted by molar-refractivity contribution is 0.0700. The van der Waals surface area contributed by atoms with Gasteiger partial charge >= 0.3 is 0 Å². The molecule has 1 saturated heterocycles. The van der Waals surface area contributed by atoms with Crippen LogP contribution in [-0.4, -0.2) is 47.6 Å². The normalized spacial score (nSPS) is 29.8. The summed E-state index contributed by atoms with van der Waals surface area (Å²) in [6, 6.07) is 1.35. The lowest BCUT2D eigenvalue weighted by Crippen LogP contribution is -2.45. The van der Waals surface area contributed by atoms with Gasteiger partial charge in [-0.2, -0.15) is 0 Å². The van der Waals surface area contributed by atoms with Crippen LogP contribution < -0.4 is 5.32 Å². The summed E-state index contributed by atoms with van der Waals surface area (Å²) in [5, 5.41) is 3.54. The van der Waals surface area contributed by atoms with Crippen LogP contribution in [-0.2, 0) is 9.47 Å². The van der Waals surface area contributed by atoms with Gasteiger partial charge in [-0.3, -0.25) is 0 Å². The highest BCUT2D eigenvalue weighted by atomic mass is 28.3. The van der Waals surface area contributed by atoms with Crippen molar-refractivity contribution in [3.63, 3.8) is 0 Å². The first-order chi connectivity index (χ1) is 7.90. The summed E-state index contributed by atoms with van der Waals surface area (Å²) >= 11 is 0. The van der Waals surface area contributed by atoms with Crippen LogP contribution >= 0.6 is 0 Å². The van der Waals surface area contributed by atoms with E-state index in [2.05, 4.69) is 31.9 Å². The van der Waals surface area contributed by atoms with Crippen LogP contribution in [0, 0.1) is 5.41 Å². The third kappa shape index (κ3) is 4.70. The third-order valence-corrected chi connectivity index (χ3v) is 5.44. The lowest BCUT2D eigenvalue weighted by Gasteiger charge is -2.37. The number of hydrogen-bond acceptors (Lipinski definition) is 3. The number of ether oxygens (including phenoxy) is 2. The fraction of sp³-hybridized carbons (Fsp3) is 1.00. The molecule has 0 aromatic heterocycles. The molecular formula is C13H29NO2Si. The Morgan fingerprint density at radius 3 is 2.59 bits per heavy atom. The summed E-state index contributed by atoms with van der Waals surface area (Å²) in [5.74, 6) is 0. The van der Waals surface area contributed by atoms with Crippen molar-refractivity contribution in [2.45, 2.75) is 45.1 Å². The fourth-order valence-corrected chi connectivity index (χ4v) is 5.62. The van der Waals surface area contributed by atoms with Gasteiger partial charge in [0, 0.05) is 40.3 Å². The molecule has 0 spiro atoms. The second-order valence-corrected chi connectivity index (χ2v) is 12.0. The molecule has 3 nitrogen and oxygen atoms in total. The quantitative estimate of drug-likeness (QED) is 0.562. The van der Waals surface area contributed by atoms with Crippen LogP contribution in [0.3, 0.4) is 0 Å². The third-order valence-electron chi connectivity index (χ3n) is 3.67. The Morgan fingerprint density at radius 1 is 1.41 bits per heavy atom. The van der Waals surface area contributed by atoms with Gasteiger partial charge in [-0.1, -0.05) is 19.6 Å². The Kier molecular flexibility index (Phi) is 5.63. The summed E-state index contributed by atoms with van der Waals surface area (Å²) in [4.78, 5) is 0. The summed E-state index contributed by atoms with van der Waals surface area (Å²) in [6.45, 7) is 13.3. The van der Waals surface area contributed by atoms with Gasteiger partial charge in [0.1, 0.15) is 0 Å². The molecule has 0 bridgehead atoms. The van der Waals surface area contributed by atoms with E-state index in [0.29, 0.717) is 11.5 Å². The van der Waals surface area contributed by atoms with E-state index < -0.39 is 8.07 Å². The average Bonchev–Trinajstić information content (AvgIpc) is 2.53. The number of hydrogen-bond donors (Lipinski definition) is 1. The molecule has 0 aliphatic carbocycles. The molecule has 2 atom stereocenters. The monoisotopic (exact) mass is 259 g/mol. The molecule has 0 amide bonds. The molecule has 102 valence electrons. The molecular weight excluding hydrogens is 230 g/mol. The van der Waals surface area contributed by atoms with Crippen LogP contribution in [0.25, 0.3) is 0 Å². The summed E-state index contributed by atoms with van der Waals surface area (Å²) < 4.78 is 10.9. The molecule has 2 unspecified atom stereocenters. The molecule has 4 heteroatoms. The fourth-order valence-electron chi connectivity index (χ4n) is 2.91. The molecule has 0 aromatic carbocycles. The van der Waals surface area contributed by atoms with Crippen LogP contribution in [0.5, 0.6) is 0 Å².